The lowest BCUT2D eigenvalue weighted by atomic mass is 10.3. The Hall–Kier alpha value is -3.22. The van der Waals surface area contributed by atoms with E-state index in [1.807, 2.05) is 18.2 Å². The van der Waals surface area contributed by atoms with Crippen molar-refractivity contribution in [1.29, 1.82) is 0 Å². The predicted octanol–water partition coefficient (Wildman–Crippen LogP) is 5.73. The summed E-state index contributed by atoms with van der Waals surface area (Å²) in [4.78, 5) is 3.53. The third kappa shape index (κ3) is 4.44. The highest BCUT2D eigenvalue weighted by molar-refractivity contribution is 5.48. The summed E-state index contributed by atoms with van der Waals surface area (Å²) in [6, 6.07) is 18.0. The van der Waals surface area contributed by atoms with E-state index in [-0.39, 0.29) is 11.6 Å². The Kier molecular flexibility index (Phi) is 4.97. The molecule has 1 aromatic heterocycles. The fourth-order valence-corrected chi connectivity index (χ4v) is 2.19. The second kappa shape index (κ2) is 7.35. The van der Waals surface area contributed by atoms with Crippen LogP contribution in [0.5, 0.6) is 23.1 Å². The average Bonchev–Trinajstić information content (AvgIpc) is 2.62. The van der Waals surface area contributed by atoms with E-state index in [0.29, 0.717) is 17.2 Å². The van der Waals surface area contributed by atoms with Crippen LogP contribution in [0.1, 0.15) is 5.69 Å². The lowest BCUT2D eigenvalue weighted by molar-refractivity contribution is -0.141. The van der Waals surface area contributed by atoms with Gasteiger partial charge in [0.05, 0.1) is 0 Å². The number of nitrogens with zero attached hydrogens (tertiary/aromatic N) is 1. The number of hydrogen-bond donors (Lipinski definition) is 1. The minimum atomic E-state index is -4.57. The molecule has 3 aromatic rings. The lowest BCUT2D eigenvalue weighted by Gasteiger charge is -2.12. The molecule has 2 aromatic carbocycles. The van der Waals surface area contributed by atoms with Crippen LogP contribution < -0.4 is 14.8 Å². The Morgan fingerprint density at radius 2 is 1.46 bits per heavy atom. The molecule has 0 spiro atoms. The maximum atomic E-state index is 13.0. The predicted molar refractivity (Wildman–Crippen MR) is 91.8 cm³/mol. The summed E-state index contributed by atoms with van der Waals surface area (Å²) >= 11 is 0. The zero-order valence-corrected chi connectivity index (χ0v) is 13.7. The number of pyridine rings is 1. The molecule has 7 heteroatoms. The van der Waals surface area contributed by atoms with Gasteiger partial charge in [0.25, 0.3) is 0 Å². The van der Waals surface area contributed by atoms with Gasteiger partial charge >= 0.3 is 6.18 Å². The van der Waals surface area contributed by atoms with E-state index in [4.69, 9.17) is 9.47 Å². The van der Waals surface area contributed by atoms with Crippen LogP contribution in [0.4, 0.5) is 18.9 Å². The number of para-hydroxylation sites is 1. The van der Waals surface area contributed by atoms with Crippen molar-refractivity contribution < 1.29 is 22.6 Å². The van der Waals surface area contributed by atoms with Gasteiger partial charge in [-0.15, -0.1) is 0 Å². The monoisotopic (exact) mass is 360 g/mol. The second-order valence-corrected chi connectivity index (χ2v) is 5.32. The number of hydrogen-bond acceptors (Lipinski definition) is 4. The zero-order valence-electron chi connectivity index (χ0n) is 13.7. The number of ether oxygens (including phenoxy) is 2. The maximum absolute atomic E-state index is 13.0. The van der Waals surface area contributed by atoms with Gasteiger partial charge in [0.1, 0.15) is 17.2 Å². The Balaban J connectivity index is 1.84. The minimum Gasteiger partial charge on any atom is -0.457 e. The Labute approximate surface area is 148 Å². The summed E-state index contributed by atoms with van der Waals surface area (Å²) in [7, 11) is 1.52. The lowest BCUT2D eigenvalue weighted by Crippen LogP contribution is -2.09. The first-order valence-corrected chi connectivity index (χ1v) is 7.72. The first-order valence-electron chi connectivity index (χ1n) is 7.72. The van der Waals surface area contributed by atoms with E-state index >= 15 is 0 Å². The van der Waals surface area contributed by atoms with Crippen LogP contribution in [0, 0.1) is 0 Å². The van der Waals surface area contributed by atoms with Crippen LogP contribution in [0.3, 0.4) is 0 Å². The highest BCUT2D eigenvalue weighted by atomic mass is 19.4. The van der Waals surface area contributed by atoms with Crippen molar-refractivity contribution in [3.63, 3.8) is 0 Å². The third-order valence-corrected chi connectivity index (χ3v) is 3.39. The molecule has 0 atom stereocenters. The van der Waals surface area contributed by atoms with E-state index in [1.165, 1.54) is 13.1 Å². The van der Waals surface area contributed by atoms with E-state index < -0.39 is 11.9 Å². The smallest absolute Gasteiger partial charge is 0.433 e. The van der Waals surface area contributed by atoms with Crippen LogP contribution in [0.25, 0.3) is 0 Å². The van der Waals surface area contributed by atoms with Crippen molar-refractivity contribution in [2.24, 2.45) is 0 Å². The number of halogens is 3. The molecule has 0 bridgehead atoms. The molecule has 0 amide bonds. The molecule has 134 valence electrons. The molecule has 0 aliphatic carbocycles. The minimum absolute atomic E-state index is 0.166. The Morgan fingerprint density at radius 1 is 0.808 bits per heavy atom. The first kappa shape index (κ1) is 17.6. The first-order chi connectivity index (χ1) is 12.4. The summed E-state index contributed by atoms with van der Waals surface area (Å²) in [5, 5.41) is 2.66. The number of rotatable bonds is 5. The van der Waals surface area contributed by atoms with Gasteiger partial charge in [-0.3, -0.25) is 0 Å². The average molecular weight is 360 g/mol. The molecule has 0 saturated heterocycles. The zero-order chi connectivity index (χ0) is 18.6. The number of anilines is 1. The van der Waals surface area contributed by atoms with Gasteiger partial charge in [-0.1, -0.05) is 24.3 Å². The molecule has 0 fully saturated rings. The molecule has 0 saturated carbocycles. The normalized spacial score (nSPS) is 11.1. The maximum Gasteiger partial charge on any atom is 0.433 e. The van der Waals surface area contributed by atoms with Crippen LogP contribution >= 0.6 is 0 Å². The summed E-state index contributed by atoms with van der Waals surface area (Å²) in [6.07, 6.45) is -4.57. The number of benzene rings is 2. The van der Waals surface area contributed by atoms with Crippen LogP contribution in [-0.2, 0) is 6.18 Å². The van der Waals surface area contributed by atoms with E-state index in [9.17, 15) is 13.2 Å². The van der Waals surface area contributed by atoms with Gasteiger partial charge in [-0.2, -0.15) is 13.2 Å². The number of alkyl halides is 3. The van der Waals surface area contributed by atoms with Gasteiger partial charge in [0.15, 0.2) is 5.69 Å². The molecular formula is C19H15F3N2O2. The topological polar surface area (TPSA) is 43.4 Å². The third-order valence-electron chi connectivity index (χ3n) is 3.39. The van der Waals surface area contributed by atoms with Gasteiger partial charge < -0.3 is 14.8 Å². The summed E-state index contributed by atoms with van der Waals surface area (Å²) in [5.41, 5.74) is -0.782. The number of aromatic nitrogens is 1. The van der Waals surface area contributed by atoms with Gasteiger partial charge in [0, 0.05) is 24.9 Å². The molecule has 1 heterocycles. The molecule has 0 aliphatic heterocycles. The van der Waals surface area contributed by atoms with Crippen molar-refractivity contribution >= 4 is 5.69 Å². The number of nitrogens with one attached hydrogen (secondary N) is 1. The molecule has 0 radical (unpaired) electrons. The molecule has 4 nitrogen and oxygen atoms in total. The standard InChI is InChI=1S/C19H15F3N2O2/c1-23-13-10-17(19(20,21)22)24-18(11-13)26-16-9-5-8-15(12-16)25-14-6-3-2-4-7-14/h2-12H,1H3,(H,23,24). The molecule has 1 N–H and O–H groups in total. The Bertz CT molecular complexity index is 883. The second-order valence-electron chi connectivity index (χ2n) is 5.32. The molecule has 0 aliphatic rings. The Morgan fingerprint density at radius 3 is 2.12 bits per heavy atom. The van der Waals surface area contributed by atoms with Gasteiger partial charge in [0.2, 0.25) is 5.88 Å². The van der Waals surface area contributed by atoms with Crippen LogP contribution in [0.15, 0.2) is 66.7 Å². The van der Waals surface area contributed by atoms with Gasteiger partial charge in [-0.25, -0.2) is 4.98 Å². The van der Waals surface area contributed by atoms with Crippen LogP contribution in [0.2, 0.25) is 0 Å². The quantitative estimate of drug-likeness (QED) is 0.631. The largest absolute Gasteiger partial charge is 0.457 e. The summed E-state index contributed by atoms with van der Waals surface area (Å²) in [5.74, 6) is 1.28. The van der Waals surface area contributed by atoms with E-state index in [1.54, 1.807) is 36.4 Å². The van der Waals surface area contributed by atoms with Crippen LogP contribution in [-0.4, -0.2) is 12.0 Å². The molecule has 3 rings (SSSR count). The van der Waals surface area contributed by atoms with Crippen molar-refractivity contribution in [2.45, 2.75) is 6.18 Å². The van der Waals surface area contributed by atoms with Crippen molar-refractivity contribution in [3.05, 3.63) is 72.4 Å². The molecular weight excluding hydrogens is 345 g/mol. The van der Waals surface area contributed by atoms with E-state index in [0.717, 1.165) is 6.07 Å². The molecule has 0 unspecified atom stereocenters. The van der Waals surface area contributed by atoms with Gasteiger partial charge in [-0.05, 0) is 30.3 Å². The fraction of sp³-hybridized carbons (Fsp3) is 0.105. The summed E-state index contributed by atoms with van der Waals surface area (Å²) in [6.45, 7) is 0. The summed E-state index contributed by atoms with van der Waals surface area (Å²) < 4.78 is 50.1. The van der Waals surface area contributed by atoms with Crippen molar-refractivity contribution in [1.82, 2.24) is 4.98 Å². The highest BCUT2D eigenvalue weighted by Crippen LogP contribution is 2.33. The van der Waals surface area contributed by atoms with Crippen molar-refractivity contribution in [2.75, 3.05) is 12.4 Å². The SMILES string of the molecule is CNc1cc(Oc2cccc(Oc3ccccc3)c2)nc(C(F)(F)F)c1. The fourth-order valence-electron chi connectivity index (χ4n) is 2.19. The highest BCUT2D eigenvalue weighted by Gasteiger charge is 2.33. The van der Waals surface area contributed by atoms with Crippen molar-refractivity contribution in [3.8, 4) is 23.1 Å². The molecule has 26 heavy (non-hydrogen) atoms. The van der Waals surface area contributed by atoms with E-state index in [2.05, 4.69) is 10.3 Å².